The van der Waals surface area contributed by atoms with Crippen molar-refractivity contribution in [3.8, 4) is 44.6 Å². The first-order chi connectivity index (χ1) is 22.8. The Bertz CT molecular complexity index is 2110. The average Bonchev–Trinajstić information content (AvgIpc) is 3.54. The molecule has 0 amide bonds. The summed E-state index contributed by atoms with van der Waals surface area (Å²) in [6, 6.07) is 67.1. The van der Waals surface area contributed by atoms with Crippen molar-refractivity contribution in [2.45, 2.75) is 0 Å². The van der Waals surface area contributed by atoms with Gasteiger partial charge in [0.05, 0.1) is 5.69 Å². The lowest BCUT2D eigenvalue weighted by atomic mass is 10.0. The van der Waals surface area contributed by atoms with E-state index in [2.05, 4.69) is 204 Å². The quantitative estimate of drug-likeness (QED) is 0.180. The molecule has 0 N–H and O–H groups in total. The summed E-state index contributed by atoms with van der Waals surface area (Å²) in [4.78, 5) is 2.33. The highest BCUT2D eigenvalue weighted by molar-refractivity contribution is 5.88. The van der Waals surface area contributed by atoms with Crippen molar-refractivity contribution < 1.29 is 0 Å². The Morgan fingerprint density at radius 3 is 1.20 bits per heavy atom. The molecule has 0 saturated heterocycles. The van der Waals surface area contributed by atoms with Crippen LogP contribution in [0.25, 0.3) is 50.2 Å². The summed E-state index contributed by atoms with van der Waals surface area (Å²) in [5, 5.41) is 0. The summed E-state index contributed by atoms with van der Waals surface area (Å²) in [5.74, 6) is 0. The monoisotopic (exact) mass is 588 g/mol. The third-order valence-electron chi connectivity index (χ3n) is 8.63. The fourth-order valence-electron chi connectivity index (χ4n) is 6.34. The zero-order valence-electron chi connectivity index (χ0n) is 25.4. The fourth-order valence-corrected chi connectivity index (χ4v) is 6.34. The first-order valence-electron chi connectivity index (χ1n) is 15.7. The molecule has 0 radical (unpaired) electrons. The van der Waals surface area contributed by atoms with Crippen LogP contribution in [-0.2, 0) is 0 Å². The second-order valence-electron chi connectivity index (χ2n) is 11.5. The first-order valence-corrected chi connectivity index (χ1v) is 15.7. The smallest absolute Gasteiger partial charge is 0.0607 e. The molecule has 2 heterocycles. The van der Waals surface area contributed by atoms with E-state index < -0.39 is 0 Å². The van der Waals surface area contributed by atoms with Crippen molar-refractivity contribution >= 4 is 22.6 Å². The van der Waals surface area contributed by atoms with Crippen LogP contribution < -0.4 is 4.90 Å². The second kappa shape index (κ2) is 12.1. The largest absolute Gasteiger partial charge is 0.316 e. The van der Waals surface area contributed by atoms with Crippen LogP contribution in [0.3, 0.4) is 0 Å². The Morgan fingerprint density at radius 2 is 0.717 bits per heavy atom. The molecule has 0 bridgehead atoms. The molecule has 2 aromatic heterocycles. The van der Waals surface area contributed by atoms with Crippen LogP contribution in [0.1, 0.15) is 0 Å². The van der Waals surface area contributed by atoms with Crippen molar-refractivity contribution in [3.63, 3.8) is 0 Å². The Balaban J connectivity index is 1.21. The van der Waals surface area contributed by atoms with Gasteiger partial charge in [0, 0.05) is 34.3 Å². The SMILES string of the molecule is c1ccc(-c2ccc(N(c3ccc(-c4ccccc4)cc3)c3ccc(-c4c(-c5ccccc5)cc5ccccn45)cc3)cc2)cc1. The van der Waals surface area contributed by atoms with Gasteiger partial charge in [-0.25, -0.2) is 0 Å². The molecule has 0 unspecified atom stereocenters. The highest BCUT2D eigenvalue weighted by Crippen LogP contribution is 2.40. The van der Waals surface area contributed by atoms with Crippen LogP contribution in [0.5, 0.6) is 0 Å². The van der Waals surface area contributed by atoms with Crippen molar-refractivity contribution in [2.75, 3.05) is 4.90 Å². The molecule has 8 rings (SSSR count). The summed E-state index contributed by atoms with van der Waals surface area (Å²) in [5.41, 5.74) is 14.1. The van der Waals surface area contributed by atoms with E-state index in [4.69, 9.17) is 0 Å². The van der Waals surface area contributed by atoms with Crippen molar-refractivity contribution in [1.82, 2.24) is 4.40 Å². The summed E-state index contributed by atoms with van der Waals surface area (Å²) < 4.78 is 2.29. The van der Waals surface area contributed by atoms with E-state index in [9.17, 15) is 0 Å². The number of nitrogens with zero attached hydrogens (tertiary/aromatic N) is 2. The molecule has 8 aromatic rings. The minimum absolute atomic E-state index is 1.10. The minimum Gasteiger partial charge on any atom is -0.316 e. The van der Waals surface area contributed by atoms with Gasteiger partial charge in [0.15, 0.2) is 0 Å². The summed E-state index contributed by atoms with van der Waals surface area (Å²) in [6.45, 7) is 0. The number of hydrogen-bond acceptors (Lipinski definition) is 1. The molecular formula is C44H32N2. The maximum absolute atomic E-state index is 2.33. The van der Waals surface area contributed by atoms with Crippen LogP contribution in [0.15, 0.2) is 194 Å². The topological polar surface area (TPSA) is 7.65 Å². The van der Waals surface area contributed by atoms with Gasteiger partial charge in [0.1, 0.15) is 0 Å². The summed E-state index contributed by atoms with van der Waals surface area (Å²) in [6.07, 6.45) is 2.15. The van der Waals surface area contributed by atoms with E-state index in [1.807, 2.05) is 0 Å². The molecule has 0 aliphatic carbocycles. The van der Waals surface area contributed by atoms with Crippen LogP contribution in [0.2, 0.25) is 0 Å². The lowest BCUT2D eigenvalue weighted by molar-refractivity contribution is 1.20. The maximum Gasteiger partial charge on any atom is 0.0607 e. The number of pyridine rings is 1. The lowest BCUT2D eigenvalue weighted by Crippen LogP contribution is -2.09. The molecule has 0 spiro atoms. The van der Waals surface area contributed by atoms with E-state index in [1.165, 1.54) is 50.2 Å². The van der Waals surface area contributed by atoms with Gasteiger partial charge in [-0.15, -0.1) is 0 Å². The van der Waals surface area contributed by atoms with Crippen molar-refractivity contribution in [1.29, 1.82) is 0 Å². The van der Waals surface area contributed by atoms with Crippen LogP contribution >= 0.6 is 0 Å². The number of fused-ring (bicyclic) bond motifs is 1. The van der Waals surface area contributed by atoms with E-state index in [1.54, 1.807) is 0 Å². The van der Waals surface area contributed by atoms with Gasteiger partial charge in [-0.1, -0.05) is 133 Å². The molecule has 0 aliphatic heterocycles. The minimum atomic E-state index is 1.10. The van der Waals surface area contributed by atoms with Crippen LogP contribution in [-0.4, -0.2) is 4.40 Å². The van der Waals surface area contributed by atoms with E-state index in [0.29, 0.717) is 0 Å². The second-order valence-corrected chi connectivity index (χ2v) is 11.5. The first kappa shape index (κ1) is 27.4. The molecule has 2 heteroatoms. The summed E-state index contributed by atoms with van der Waals surface area (Å²) >= 11 is 0. The average molecular weight is 589 g/mol. The molecule has 218 valence electrons. The fraction of sp³-hybridized carbons (Fsp3) is 0. The zero-order valence-corrected chi connectivity index (χ0v) is 25.4. The Labute approximate surface area is 270 Å². The van der Waals surface area contributed by atoms with Gasteiger partial charge in [-0.05, 0) is 88.0 Å². The Morgan fingerprint density at radius 1 is 0.326 bits per heavy atom. The van der Waals surface area contributed by atoms with Crippen molar-refractivity contribution in [3.05, 3.63) is 194 Å². The van der Waals surface area contributed by atoms with Gasteiger partial charge in [-0.3, -0.25) is 0 Å². The molecule has 46 heavy (non-hydrogen) atoms. The standard InChI is InChI=1S/C44H32N2/c1-4-12-33(13-5-1)35-19-25-39(26-20-35)46(40-27-21-36(22-28-40)34-14-6-2-7-15-34)41-29-23-38(24-30-41)44-43(37-16-8-3-9-17-37)32-42-18-10-11-31-45(42)44/h1-32H. The van der Waals surface area contributed by atoms with E-state index in [0.717, 1.165) is 17.1 Å². The molecular weight excluding hydrogens is 556 g/mol. The number of rotatable bonds is 7. The van der Waals surface area contributed by atoms with Crippen LogP contribution in [0.4, 0.5) is 17.1 Å². The molecule has 0 atom stereocenters. The molecule has 0 saturated carbocycles. The third kappa shape index (κ3) is 5.27. The molecule has 6 aromatic carbocycles. The molecule has 0 fully saturated rings. The third-order valence-corrected chi connectivity index (χ3v) is 8.63. The predicted octanol–water partition coefficient (Wildman–Crippen LogP) is 12.1. The van der Waals surface area contributed by atoms with Gasteiger partial charge in [0.2, 0.25) is 0 Å². The number of aromatic nitrogens is 1. The Kier molecular flexibility index (Phi) is 7.22. The molecule has 2 nitrogen and oxygen atoms in total. The number of hydrogen-bond donors (Lipinski definition) is 0. The lowest BCUT2D eigenvalue weighted by Gasteiger charge is -2.26. The maximum atomic E-state index is 2.33. The van der Waals surface area contributed by atoms with Gasteiger partial charge in [0.25, 0.3) is 0 Å². The van der Waals surface area contributed by atoms with Crippen molar-refractivity contribution in [2.24, 2.45) is 0 Å². The normalized spacial score (nSPS) is 11.0. The van der Waals surface area contributed by atoms with E-state index in [-0.39, 0.29) is 0 Å². The van der Waals surface area contributed by atoms with E-state index >= 15 is 0 Å². The van der Waals surface area contributed by atoms with Gasteiger partial charge < -0.3 is 9.30 Å². The predicted molar refractivity (Wildman–Crippen MR) is 194 cm³/mol. The highest BCUT2D eigenvalue weighted by Gasteiger charge is 2.17. The highest BCUT2D eigenvalue weighted by atomic mass is 15.1. The molecule has 0 aliphatic rings. The van der Waals surface area contributed by atoms with Gasteiger partial charge in [-0.2, -0.15) is 0 Å². The Hall–Kier alpha value is -6.12. The number of benzene rings is 6. The zero-order chi connectivity index (χ0) is 30.7. The van der Waals surface area contributed by atoms with Gasteiger partial charge >= 0.3 is 0 Å². The van der Waals surface area contributed by atoms with Crippen LogP contribution in [0, 0.1) is 0 Å². The number of anilines is 3. The summed E-state index contributed by atoms with van der Waals surface area (Å²) in [7, 11) is 0.